The molecule has 1 aliphatic rings. The van der Waals surface area contributed by atoms with E-state index >= 15 is 0 Å². The molecule has 0 aliphatic carbocycles. The lowest BCUT2D eigenvalue weighted by atomic mass is 10.1. The SMILES string of the molecule is O=S1(=O)CCC(Nc2ncc(Br)cc2C(F)(F)F)CC1. The fraction of sp³-hybridized carbons (Fsp3) is 0.545. The number of rotatable bonds is 2. The van der Waals surface area contributed by atoms with Crippen molar-refractivity contribution in [2.45, 2.75) is 25.1 Å². The molecule has 1 saturated heterocycles. The second kappa shape index (κ2) is 5.51. The number of aromatic nitrogens is 1. The van der Waals surface area contributed by atoms with Crippen LogP contribution in [0.4, 0.5) is 19.0 Å². The molecule has 20 heavy (non-hydrogen) atoms. The maximum absolute atomic E-state index is 12.9. The maximum Gasteiger partial charge on any atom is 0.419 e. The van der Waals surface area contributed by atoms with Crippen LogP contribution in [-0.4, -0.2) is 30.9 Å². The quantitative estimate of drug-likeness (QED) is 0.866. The number of hydrogen-bond acceptors (Lipinski definition) is 4. The average Bonchev–Trinajstić information content (AvgIpc) is 2.33. The molecule has 0 amide bonds. The van der Waals surface area contributed by atoms with Crippen molar-refractivity contribution in [2.75, 3.05) is 16.8 Å². The second-order valence-electron chi connectivity index (χ2n) is 4.62. The first-order chi connectivity index (χ1) is 9.17. The Kier molecular flexibility index (Phi) is 4.29. The minimum absolute atomic E-state index is 0.0114. The molecule has 0 atom stereocenters. The van der Waals surface area contributed by atoms with Gasteiger partial charge in [0.15, 0.2) is 0 Å². The standard InChI is InChI=1S/C11H12BrF3N2O2S/c12-7-5-9(11(13,14)15)10(16-6-7)17-8-1-3-20(18,19)4-2-8/h5-6,8H,1-4H2,(H,16,17). The van der Waals surface area contributed by atoms with Crippen molar-refractivity contribution in [3.63, 3.8) is 0 Å². The van der Waals surface area contributed by atoms with E-state index in [1.807, 2.05) is 0 Å². The third-order valence-corrected chi connectivity index (χ3v) is 5.20. The minimum atomic E-state index is -4.51. The normalized spacial score (nSPS) is 19.8. The fourth-order valence-electron chi connectivity index (χ4n) is 2.00. The van der Waals surface area contributed by atoms with Crippen molar-refractivity contribution < 1.29 is 21.6 Å². The summed E-state index contributed by atoms with van der Waals surface area (Å²) in [5.41, 5.74) is -0.861. The molecular formula is C11H12BrF3N2O2S. The lowest BCUT2D eigenvalue weighted by Gasteiger charge is -2.25. The molecule has 1 fully saturated rings. The molecule has 0 aromatic carbocycles. The Morgan fingerprint density at radius 2 is 1.90 bits per heavy atom. The van der Waals surface area contributed by atoms with Gasteiger partial charge in [-0.15, -0.1) is 0 Å². The molecule has 0 bridgehead atoms. The van der Waals surface area contributed by atoms with Crippen molar-refractivity contribution >= 4 is 31.6 Å². The number of sulfone groups is 1. The van der Waals surface area contributed by atoms with Crippen LogP contribution in [0.15, 0.2) is 16.7 Å². The Bertz CT molecular complexity index is 590. The summed E-state index contributed by atoms with van der Waals surface area (Å²) in [4.78, 5) is 3.75. The summed E-state index contributed by atoms with van der Waals surface area (Å²) < 4.78 is 61.5. The highest BCUT2D eigenvalue weighted by molar-refractivity contribution is 9.10. The van der Waals surface area contributed by atoms with E-state index < -0.39 is 21.6 Å². The molecule has 1 aromatic heterocycles. The van der Waals surface area contributed by atoms with Gasteiger partial charge >= 0.3 is 6.18 Å². The number of anilines is 1. The summed E-state index contributed by atoms with van der Waals surface area (Å²) in [5, 5.41) is 2.70. The van der Waals surface area contributed by atoms with Gasteiger partial charge in [-0.1, -0.05) is 0 Å². The van der Waals surface area contributed by atoms with Crippen LogP contribution in [-0.2, 0) is 16.0 Å². The van der Waals surface area contributed by atoms with Crippen molar-refractivity contribution in [3.8, 4) is 0 Å². The fourth-order valence-corrected chi connectivity index (χ4v) is 3.82. The van der Waals surface area contributed by atoms with Gasteiger partial charge in [0.25, 0.3) is 0 Å². The summed E-state index contributed by atoms with van der Waals surface area (Å²) in [6, 6.07) is 0.642. The predicted molar refractivity (Wildman–Crippen MR) is 72.2 cm³/mol. The lowest BCUT2D eigenvalue weighted by molar-refractivity contribution is -0.137. The Morgan fingerprint density at radius 3 is 2.45 bits per heavy atom. The number of pyridine rings is 1. The Morgan fingerprint density at radius 1 is 1.30 bits per heavy atom. The molecule has 1 aromatic rings. The van der Waals surface area contributed by atoms with Crippen LogP contribution in [0.3, 0.4) is 0 Å². The first-order valence-corrected chi connectivity index (χ1v) is 8.48. The highest BCUT2D eigenvalue weighted by Gasteiger charge is 2.35. The first-order valence-electron chi connectivity index (χ1n) is 5.87. The number of hydrogen-bond donors (Lipinski definition) is 1. The number of halogens is 4. The molecule has 1 aliphatic heterocycles. The lowest BCUT2D eigenvalue weighted by Crippen LogP contribution is -2.33. The average molecular weight is 373 g/mol. The van der Waals surface area contributed by atoms with Crippen LogP contribution in [0.2, 0.25) is 0 Å². The van der Waals surface area contributed by atoms with E-state index in [0.29, 0.717) is 0 Å². The van der Waals surface area contributed by atoms with Gasteiger partial charge < -0.3 is 5.32 Å². The molecule has 2 heterocycles. The highest BCUT2D eigenvalue weighted by atomic mass is 79.9. The molecule has 0 spiro atoms. The minimum Gasteiger partial charge on any atom is -0.367 e. The largest absolute Gasteiger partial charge is 0.419 e. The van der Waals surface area contributed by atoms with Gasteiger partial charge in [-0.2, -0.15) is 13.2 Å². The zero-order chi connectivity index (χ0) is 15.0. The zero-order valence-electron chi connectivity index (χ0n) is 10.2. The van der Waals surface area contributed by atoms with Gasteiger partial charge in [0.1, 0.15) is 15.7 Å². The summed E-state index contributed by atoms with van der Waals surface area (Å²) in [6.45, 7) is 0. The smallest absolute Gasteiger partial charge is 0.367 e. The Balaban J connectivity index is 2.18. The summed E-state index contributed by atoms with van der Waals surface area (Å²) in [7, 11) is -3.04. The molecular weight excluding hydrogens is 361 g/mol. The number of alkyl halides is 3. The molecule has 1 N–H and O–H groups in total. The molecule has 2 rings (SSSR count). The molecule has 4 nitrogen and oxygen atoms in total. The van der Waals surface area contributed by atoms with Crippen molar-refractivity contribution in [2.24, 2.45) is 0 Å². The van der Waals surface area contributed by atoms with E-state index in [1.165, 1.54) is 6.20 Å². The van der Waals surface area contributed by atoms with Crippen LogP contribution >= 0.6 is 15.9 Å². The van der Waals surface area contributed by atoms with E-state index in [9.17, 15) is 21.6 Å². The Labute approximate surface area is 122 Å². The van der Waals surface area contributed by atoms with Gasteiger partial charge in [0, 0.05) is 16.7 Å². The number of nitrogens with one attached hydrogen (secondary N) is 1. The van der Waals surface area contributed by atoms with Crippen LogP contribution in [0.5, 0.6) is 0 Å². The van der Waals surface area contributed by atoms with Crippen LogP contribution in [0.25, 0.3) is 0 Å². The van der Waals surface area contributed by atoms with Gasteiger partial charge in [0.05, 0.1) is 17.1 Å². The Hall–Kier alpha value is -0.830. The number of nitrogens with zero attached hydrogens (tertiary/aromatic N) is 1. The summed E-state index contributed by atoms with van der Waals surface area (Å²) in [5.74, 6) is -0.282. The molecule has 0 saturated carbocycles. The van der Waals surface area contributed by atoms with Gasteiger partial charge in [-0.05, 0) is 34.8 Å². The second-order valence-corrected chi connectivity index (χ2v) is 7.84. The van der Waals surface area contributed by atoms with Crippen molar-refractivity contribution in [1.82, 2.24) is 4.98 Å². The first kappa shape index (κ1) is 15.6. The third-order valence-electron chi connectivity index (χ3n) is 3.06. The van der Waals surface area contributed by atoms with E-state index in [1.54, 1.807) is 0 Å². The molecule has 0 unspecified atom stereocenters. The monoisotopic (exact) mass is 372 g/mol. The molecule has 0 radical (unpaired) electrons. The van der Waals surface area contributed by atoms with E-state index in [2.05, 4.69) is 26.2 Å². The van der Waals surface area contributed by atoms with Gasteiger partial charge in [-0.3, -0.25) is 0 Å². The highest BCUT2D eigenvalue weighted by Crippen LogP contribution is 2.36. The topological polar surface area (TPSA) is 59.1 Å². The van der Waals surface area contributed by atoms with Crippen LogP contribution in [0.1, 0.15) is 18.4 Å². The van der Waals surface area contributed by atoms with E-state index in [-0.39, 0.29) is 40.7 Å². The van der Waals surface area contributed by atoms with Gasteiger partial charge in [0.2, 0.25) is 0 Å². The van der Waals surface area contributed by atoms with E-state index in [4.69, 9.17) is 0 Å². The van der Waals surface area contributed by atoms with Crippen LogP contribution in [0, 0.1) is 0 Å². The predicted octanol–water partition coefficient (Wildman–Crippen LogP) is 2.85. The molecule has 9 heteroatoms. The summed E-state index contributed by atoms with van der Waals surface area (Å²) >= 11 is 2.96. The van der Waals surface area contributed by atoms with E-state index in [0.717, 1.165) is 6.07 Å². The molecule has 112 valence electrons. The van der Waals surface area contributed by atoms with Gasteiger partial charge in [-0.25, -0.2) is 13.4 Å². The van der Waals surface area contributed by atoms with Crippen molar-refractivity contribution in [1.29, 1.82) is 0 Å². The summed E-state index contributed by atoms with van der Waals surface area (Å²) in [6.07, 6.45) is -2.66. The van der Waals surface area contributed by atoms with Crippen molar-refractivity contribution in [3.05, 3.63) is 22.3 Å². The maximum atomic E-state index is 12.9. The zero-order valence-corrected chi connectivity index (χ0v) is 12.6. The third kappa shape index (κ3) is 3.85. The van der Waals surface area contributed by atoms with Crippen LogP contribution < -0.4 is 5.32 Å².